The van der Waals surface area contributed by atoms with Crippen molar-refractivity contribution in [1.82, 2.24) is 5.32 Å². The smallest absolute Gasteiger partial charge is 0.220 e. The SMILES string of the molecule is CC(C)OCCCCNC(=O)CCc1ccccc1N. The number of hydrogen-bond acceptors (Lipinski definition) is 3. The van der Waals surface area contributed by atoms with Crippen molar-refractivity contribution in [1.29, 1.82) is 0 Å². The van der Waals surface area contributed by atoms with Gasteiger partial charge in [-0.05, 0) is 44.7 Å². The van der Waals surface area contributed by atoms with Crippen molar-refractivity contribution in [3.8, 4) is 0 Å². The second-order valence-corrected chi connectivity index (χ2v) is 5.18. The Bertz CT molecular complexity index is 405. The molecule has 4 heteroatoms. The summed E-state index contributed by atoms with van der Waals surface area (Å²) in [4.78, 5) is 11.7. The molecule has 0 aliphatic rings. The van der Waals surface area contributed by atoms with Gasteiger partial charge in [0.1, 0.15) is 0 Å². The molecule has 3 N–H and O–H groups in total. The molecule has 0 aromatic heterocycles. The van der Waals surface area contributed by atoms with Crippen molar-refractivity contribution in [3.05, 3.63) is 29.8 Å². The summed E-state index contributed by atoms with van der Waals surface area (Å²) in [6, 6.07) is 7.67. The molecule has 0 saturated carbocycles. The molecule has 1 aromatic carbocycles. The van der Waals surface area contributed by atoms with E-state index in [0.29, 0.717) is 19.4 Å². The van der Waals surface area contributed by atoms with Gasteiger partial charge >= 0.3 is 0 Å². The van der Waals surface area contributed by atoms with Crippen LogP contribution in [0.1, 0.15) is 38.7 Å². The quantitative estimate of drug-likeness (QED) is 0.539. The first-order valence-electron chi connectivity index (χ1n) is 7.31. The Morgan fingerprint density at radius 1 is 1.30 bits per heavy atom. The van der Waals surface area contributed by atoms with E-state index in [-0.39, 0.29) is 12.0 Å². The second kappa shape index (κ2) is 9.37. The zero-order chi connectivity index (χ0) is 14.8. The van der Waals surface area contributed by atoms with Gasteiger partial charge in [0.25, 0.3) is 0 Å². The first kappa shape index (κ1) is 16.5. The summed E-state index contributed by atoms with van der Waals surface area (Å²) in [5.74, 6) is 0.0815. The van der Waals surface area contributed by atoms with Crippen molar-refractivity contribution >= 4 is 11.6 Å². The molecule has 0 saturated heterocycles. The number of carbonyl (C=O) groups excluding carboxylic acids is 1. The highest BCUT2D eigenvalue weighted by Crippen LogP contribution is 2.12. The van der Waals surface area contributed by atoms with E-state index in [1.807, 2.05) is 38.1 Å². The average molecular weight is 278 g/mol. The Morgan fingerprint density at radius 3 is 2.75 bits per heavy atom. The minimum atomic E-state index is 0.0815. The zero-order valence-corrected chi connectivity index (χ0v) is 12.5. The largest absolute Gasteiger partial charge is 0.399 e. The topological polar surface area (TPSA) is 64.3 Å². The van der Waals surface area contributed by atoms with Crippen LogP contribution in [0.4, 0.5) is 5.69 Å². The molecule has 4 nitrogen and oxygen atoms in total. The number of amides is 1. The van der Waals surface area contributed by atoms with Crippen LogP contribution in [0, 0.1) is 0 Å². The van der Waals surface area contributed by atoms with Gasteiger partial charge in [-0.15, -0.1) is 0 Å². The predicted octanol–water partition coefficient (Wildman–Crippen LogP) is 2.52. The molecule has 0 spiro atoms. The maximum atomic E-state index is 11.7. The van der Waals surface area contributed by atoms with Gasteiger partial charge in [-0.3, -0.25) is 4.79 Å². The molecule has 0 atom stereocenters. The summed E-state index contributed by atoms with van der Waals surface area (Å²) in [5, 5.41) is 2.93. The van der Waals surface area contributed by atoms with E-state index in [9.17, 15) is 4.79 Å². The number of nitrogen functional groups attached to an aromatic ring is 1. The molecule has 0 fully saturated rings. The molecule has 0 radical (unpaired) electrons. The standard InChI is InChI=1S/C16H26N2O2/c1-13(2)20-12-6-5-11-18-16(19)10-9-14-7-3-4-8-15(14)17/h3-4,7-8,13H,5-6,9-12,17H2,1-2H3,(H,18,19). The van der Waals surface area contributed by atoms with E-state index in [1.54, 1.807) is 0 Å². The van der Waals surface area contributed by atoms with E-state index in [0.717, 1.165) is 30.7 Å². The van der Waals surface area contributed by atoms with Gasteiger partial charge in [0.2, 0.25) is 5.91 Å². The highest BCUT2D eigenvalue weighted by molar-refractivity contribution is 5.76. The van der Waals surface area contributed by atoms with E-state index < -0.39 is 0 Å². The summed E-state index contributed by atoms with van der Waals surface area (Å²) < 4.78 is 5.44. The van der Waals surface area contributed by atoms with Crippen LogP contribution in [0.3, 0.4) is 0 Å². The lowest BCUT2D eigenvalue weighted by molar-refractivity contribution is -0.121. The Morgan fingerprint density at radius 2 is 2.05 bits per heavy atom. The Kier molecular flexibility index (Phi) is 7.73. The predicted molar refractivity (Wildman–Crippen MR) is 82.5 cm³/mol. The zero-order valence-electron chi connectivity index (χ0n) is 12.5. The molecule has 0 heterocycles. The van der Waals surface area contributed by atoms with Crippen molar-refractivity contribution < 1.29 is 9.53 Å². The van der Waals surface area contributed by atoms with E-state index in [1.165, 1.54) is 0 Å². The number of hydrogen-bond donors (Lipinski definition) is 2. The van der Waals surface area contributed by atoms with E-state index >= 15 is 0 Å². The van der Waals surface area contributed by atoms with Crippen LogP contribution in [0.2, 0.25) is 0 Å². The first-order chi connectivity index (χ1) is 9.59. The molecular weight excluding hydrogens is 252 g/mol. The van der Waals surface area contributed by atoms with Gasteiger partial charge in [0.15, 0.2) is 0 Å². The molecule has 0 aliphatic heterocycles. The van der Waals surface area contributed by atoms with Crippen molar-refractivity contribution in [2.45, 2.75) is 45.6 Å². The van der Waals surface area contributed by atoms with E-state index in [2.05, 4.69) is 5.32 Å². The molecule has 1 rings (SSSR count). The van der Waals surface area contributed by atoms with E-state index in [4.69, 9.17) is 10.5 Å². The van der Waals surface area contributed by atoms with Crippen LogP contribution < -0.4 is 11.1 Å². The molecular formula is C16H26N2O2. The van der Waals surface area contributed by atoms with Crippen molar-refractivity contribution in [3.63, 3.8) is 0 Å². The third-order valence-corrected chi connectivity index (χ3v) is 3.02. The summed E-state index contributed by atoms with van der Waals surface area (Å²) in [7, 11) is 0. The van der Waals surface area contributed by atoms with Gasteiger partial charge in [-0.25, -0.2) is 0 Å². The fourth-order valence-electron chi connectivity index (χ4n) is 1.87. The number of anilines is 1. The lowest BCUT2D eigenvalue weighted by Crippen LogP contribution is -2.25. The lowest BCUT2D eigenvalue weighted by Gasteiger charge is -2.08. The maximum absolute atomic E-state index is 11.7. The van der Waals surface area contributed by atoms with Crippen molar-refractivity contribution in [2.24, 2.45) is 0 Å². The van der Waals surface area contributed by atoms with Crippen LogP contribution in [0.5, 0.6) is 0 Å². The number of unbranched alkanes of at least 4 members (excludes halogenated alkanes) is 1. The summed E-state index contributed by atoms with van der Waals surface area (Å²) >= 11 is 0. The monoisotopic (exact) mass is 278 g/mol. The van der Waals surface area contributed by atoms with Crippen molar-refractivity contribution in [2.75, 3.05) is 18.9 Å². The Balaban J connectivity index is 2.08. The van der Waals surface area contributed by atoms with Crippen LogP contribution >= 0.6 is 0 Å². The third kappa shape index (κ3) is 7.14. The molecule has 0 unspecified atom stereocenters. The molecule has 112 valence electrons. The van der Waals surface area contributed by atoms with Gasteiger partial charge in [0, 0.05) is 25.3 Å². The fraction of sp³-hybridized carbons (Fsp3) is 0.562. The van der Waals surface area contributed by atoms with Gasteiger partial charge < -0.3 is 15.8 Å². The number of carbonyl (C=O) groups is 1. The number of para-hydroxylation sites is 1. The number of nitrogens with two attached hydrogens (primary N) is 1. The maximum Gasteiger partial charge on any atom is 0.220 e. The summed E-state index contributed by atoms with van der Waals surface area (Å²) in [5.41, 5.74) is 7.63. The molecule has 20 heavy (non-hydrogen) atoms. The number of ether oxygens (including phenoxy) is 1. The Hall–Kier alpha value is -1.55. The van der Waals surface area contributed by atoms with Gasteiger partial charge in [0.05, 0.1) is 6.10 Å². The highest BCUT2D eigenvalue weighted by atomic mass is 16.5. The fourth-order valence-corrected chi connectivity index (χ4v) is 1.87. The minimum Gasteiger partial charge on any atom is -0.399 e. The first-order valence-corrected chi connectivity index (χ1v) is 7.31. The van der Waals surface area contributed by atoms with Gasteiger partial charge in [-0.2, -0.15) is 0 Å². The number of rotatable bonds is 9. The normalized spacial score (nSPS) is 10.8. The van der Waals surface area contributed by atoms with Gasteiger partial charge in [-0.1, -0.05) is 18.2 Å². The molecule has 1 amide bonds. The molecule has 0 aliphatic carbocycles. The Labute approximate surface area is 121 Å². The highest BCUT2D eigenvalue weighted by Gasteiger charge is 2.03. The number of aryl methyl sites for hydroxylation is 1. The molecule has 1 aromatic rings. The summed E-state index contributed by atoms with van der Waals surface area (Å²) in [6.45, 7) is 5.52. The third-order valence-electron chi connectivity index (χ3n) is 3.02. The number of benzene rings is 1. The second-order valence-electron chi connectivity index (χ2n) is 5.18. The van der Waals surface area contributed by atoms with Crippen LogP contribution in [-0.2, 0) is 16.0 Å². The summed E-state index contributed by atoms with van der Waals surface area (Å²) in [6.07, 6.45) is 3.38. The molecule has 0 bridgehead atoms. The number of nitrogens with one attached hydrogen (secondary N) is 1. The minimum absolute atomic E-state index is 0.0815. The average Bonchev–Trinajstić information content (AvgIpc) is 2.41. The lowest BCUT2D eigenvalue weighted by atomic mass is 10.1. The van der Waals surface area contributed by atoms with Crippen LogP contribution in [0.15, 0.2) is 24.3 Å². The van der Waals surface area contributed by atoms with Crippen LogP contribution in [-0.4, -0.2) is 25.2 Å². The van der Waals surface area contributed by atoms with Crippen LogP contribution in [0.25, 0.3) is 0 Å².